The van der Waals surface area contributed by atoms with Crippen LogP contribution in [0.1, 0.15) is 17.5 Å². The number of methoxy groups -OCH3 is 1. The van der Waals surface area contributed by atoms with Crippen molar-refractivity contribution in [1.29, 1.82) is 0 Å². The summed E-state index contributed by atoms with van der Waals surface area (Å²) in [7, 11) is 1.10. The Kier molecular flexibility index (Phi) is 3.93. The second-order valence-electron chi connectivity index (χ2n) is 3.20. The van der Waals surface area contributed by atoms with Gasteiger partial charge < -0.3 is 10.5 Å². The van der Waals surface area contributed by atoms with Gasteiger partial charge in [0.2, 0.25) is 11.8 Å². The van der Waals surface area contributed by atoms with Crippen LogP contribution < -0.4 is 10.5 Å². The van der Waals surface area contributed by atoms with Crippen LogP contribution >= 0.6 is 0 Å². The number of amides is 1. The number of hydrogen-bond acceptors (Lipinski definition) is 3. The van der Waals surface area contributed by atoms with Crippen molar-refractivity contribution in [3.8, 4) is 5.88 Å². The smallest absolute Gasteiger partial charge is 0.421 e. The molecule has 2 N–H and O–H groups in total. The maximum atomic E-state index is 12.6. The third kappa shape index (κ3) is 3.61. The fraction of sp³-hybridized carbons (Fsp3) is 0.300. The van der Waals surface area contributed by atoms with Gasteiger partial charge in [0.15, 0.2) is 0 Å². The minimum atomic E-state index is -4.56. The number of pyridine rings is 1. The molecule has 0 aromatic carbocycles. The number of nitrogens with two attached hydrogens (primary N) is 1. The maximum Gasteiger partial charge on any atom is 0.421 e. The fourth-order valence-electron chi connectivity index (χ4n) is 1.16. The molecule has 0 saturated carbocycles. The van der Waals surface area contributed by atoms with Crippen LogP contribution in [0.5, 0.6) is 5.88 Å². The van der Waals surface area contributed by atoms with Crippen LogP contribution in [0, 0.1) is 6.42 Å². The van der Waals surface area contributed by atoms with Gasteiger partial charge in [0.25, 0.3) is 0 Å². The van der Waals surface area contributed by atoms with E-state index in [1.54, 1.807) is 0 Å². The highest BCUT2D eigenvalue weighted by atomic mass is 19.4. The van der Waals surface area contributed by atoms with Crippen LogP contribution in [0.2, 0.25) is 0 Å². The van der Waals surface area contributed by atoms with Gasteiger partial charge in [-0.15, -0.1) is 0 Å². The summed E-state index contributed by atoms with van der Waals surface area (Å²) in [5, 5.41) is 0. The minimum absolute atomic E-state index is 0.148. The third-order valence-electron chi connectivity index (χ3n) is 1.91. The lowest BCUT2D eigenvalue weighted by atomic mass is 10.1. The first-order chi connectivity index (χ1) is 7.84. The van der Waals surface area contributed by atoms with Gasteiger partial charge in [-0.2, -0.15) is 13.2 Å². The third-order valence-corrected chi connectivity index (χ3v) is 1.91. The Hall–Kier alpha value is -1.79. The van der Waals surface area contributed by atoms with Crippen molar-refractivity contribution in [1.82, 2.24) is 4.98 Å². The Morgan fingerprint density at radius 1 is 1.59 bits per heavy atom. The molecule has 1 amide bonds. The van der Waals surface area contributed by atoms with Crippen molar-refractivity contribution in [2.24, 2.45) is 5.73 Å². The van der Waals surface area contributed by atoms with E-state index in [0.29, 0.717) is 0 Å². The fourth-order valence-corrected chi connectivity index (χ4v) is 1.16. The number of aromatic nitrogens is 1. The van der Waals surface area contributed by atoms with E-state index in [1.165, 1.54) is 12.6 Å². The molecule has 1 rings (SSSR count). The van der Waals surface area contributed by atoms with Crippen LogP contribution in [0.15, 0.2) is 12.3 Å². The molecule has 1 heterocycles. The van der Waals surface area contributed by atoms with Gasteiger partial charge in [-0.05, 0) is 11.6 Å². The first-order valence-corrected chi connectivity index (χ1v) is 4.57. The van der Waals surface area contributed by atoms with Gasteiger partial charge in [0.05, 0.1) is 7.11 Å². The molecular formula is C10H10F3N2O2. The summed E-state index contributed by atoms with van der Waals surface area (Å²) in [6, 6.07) is 0.856. The summed E-state index contributed by atoms with van der Waals surface area (Å²) in [6.45, 7) is 0. The molecule has 93 valence electrons. The van der Waals surface area contributed by atoms with E-state index < -0.39 is 23.5 Å². The highest BCUT2D eigenvalue weighted by molar-refractivity contribution is 5.75. The second kappa shape index (κ2) is 5.03. The van der Waals surface area contributed by atoms with Gasteiger partial charge in [-0.3, -0.25) is 4.79 Å². The number of carbonyl (C=O) groups excluding carboxylic acids is 1. The van der Waals surface area contributed by atoms with Gasteiger partial charge in [-0.1, -0.05) is 0 Å². The Labute approximate surface area is 95.6 Å². The van der Waals surface area contributed by atoms with Crippen LogP contribution in [0.3, 0.4) is 0 Å². The molecule has 0 spiro atoms. The standard InChI is InChI=1S/C10H10F3N2O2/c1-17-9-7(10(11,12)13)4-6(5-15-9)2-3-8(14)16/h2,4-5H,3H2,1H3,(H2,14,16). The molecule has 7 heteroatoms. The van der Waals surface area contributed by atoms with E-state index in [1.807, 2.05) is 0 Å². The van der Waals surface area contributed by atoms with Crippen LogP contribution in [0.25, 0.3) is 0 Å². The first kappa shape index (κ1) is 13.3. The van der Waals surface area contributed by atoms with Crippen molar-refractivity contribution in [3.63, 3.8) is 0 Å². The van der Waals surface area contributed by atoms with Gasteiger partial charge in [-0.25, -0.2) is 4.98 Å². The summed E-state index contributed by atoms with van der Waals surface area (Å²) < 4.78 is 42.3. The summed E-state index contributed by atoms with van der Waals surface area (Å²) in [5.74, 6) is -1.14. The zero-order valence-electron chi connectivity index (χ0n) is 8.91. The Morgan fingerprint density at radius 2 is 2.24 bits per heavy atom. The average Bonchev–Trinajstić information content (AvgIpc) is 2.24. The molecule has 0 saturated heterocycles. The Balaban J connectivity index is 3.01. The minimum Gasteiger partial charge on any atom is -0.481 e. The monoisotopic (exact) mass is 247 g/mol. The predicted octanol–water partition coefficient (Wildman–Crippen LogP) is 1.54. The lowest BCUT2D eigenvalue weighted by Crippen LogP contribution is -2.12. The van der Waals surface area contributed by atoms with Gasteiger partial charge in [0, 0.05) is 19.0 Å². The van der Waals surface area contributed by atoms with Crippen LogP contribution in [0.4, 0.5) is 13.2 Å². The van der Waals surface area contributed by atoms with Crippen molar-refractivity contribution in [2.75, 3.05) is 7.11 Å². The number of alkyl halides is 3. The average molecular weight is 247 g/mol. The summed E-state index contributed by atoms with van der Waals surface area (Å²) in [6.07, 6.45) is -2.26. The number of hydrogen-bond donors (Lipinski definition) is 1. The molecule has 0 aliphatic heterocycles. The van der Waals surface area contributed by atoms with Crippen molar-refractivity contribution in [3.05, 3.63) is 29.8 Å². The zero-order valence-corrected chi connectivity index (χ0v) is 8.91. The maximum absolute atomic E-state index is 12.6. The quantitative estimate of drug-likeness (QED) is 0.877. The largest absolute Gasteiger partial charge is 0.481 e. The Morgan fingerprint density at radius 3 is 2.71 bits per heavy atom. The topological polar surface area (TPSA) is 65.2 Å². The van der Waals surface area contributed by atoms with E-state index in [9.17, 15) is 18.0 Å². The molecule has 17 heavy (non-hydrogen) atoms. The summed E-state index contributed by atoms with van der Waals surface area (Å²) in [5.41, 5.74) is 4.06. The molecule has 0 unspecified atom stereocenters. The lowest BCUT2D eigenvalue weighted by Gasteiger charge is -2.11. The summed E-state index contributed by atoms with van der Waals surface area (Å²) >= 11 is 0. The molecule has 0 fully saturated rings. The second-order valence-corrected chi connectivity index (χ2v) is 3.20. The zero-order chi connectivity index (χ0) is 13.1. The molecule has 0 atom stereocenters. The predicted molar refractivity (Wildman–Crippen MR) is 53.0 cm³/mol. The Bertz CT molecular complexity index is 419. The molecule has 1 radical (unpaired) electrons. The number of nitrogens with zero attached hydrogens (tertiary/aromatic N) is 1. The van der Waals surface area contributed by atoms with E-state index in [2.05, 4.69) is 9.72 Å². The molecule has 0 bridgehead atoms. The van der Waals surface area contributed by atoms with Gasteiger partial charge in [0.1, 0.15) is 5.56 Å². The van der Waals surface area contributed by atoms with Gasteiger partial charge >= 0.3 is 6.18 Å². The normalized spacial score (nSPS) is 11.3. The van der Waals surface area contributed by atoms with E-state index in [0.717, 1.165) is 13.2 Å². The number of ether oxygens (including phenoxy) is 1. The van der Waals surface area contributed by atoms with Crippen molar-refractivity contribution < 1.29 is 22.7 Å². The highest BCUT2D eigenvalue weighted by Crippen LogP contribution is 2.35. The van der Waals surface area contributed by atoms with Crippen LogP contribution in [-0.4, -0.2) is 18.0 Å². The molecule has 1 aromatic heterocycles. The molecule has 1 aromatic rings. The molecule has 4 nitrogen and oxygen atoms in total. The SMILES string of the molecule is COc1ncc([CH]CC(N)=O)cc1C(F)(F)F. The first-order valence-electron chi connectivity index (χ1n) is 4.57. The number of carbonyl (C=O) groups is 1. The number of primary amides is 1. The van der Waals surface area contributed by atoms with Crippen LogP contribution in [-0.2, 0) is 11.0 Å². The molecule has 0 aliphatic rings. The van der Waals surface area contributed by atoms with Crippen molar-refractivity contribution in [2.45, 2.75) is 12.6 Å². The number of rotatable bonds is 4. The molecule has 0 aliphatic carbocycles. The highest BCUT2D eigenvalue weighted by Gasteiger charge is 2.35. The van der Waals surface area contributed by atoms with E-state index in [4.69, 9.17) is 5.73 Å². The summed E-state index contributed by atoms with van der Waals surface area (Å²) in [4.78, 5) is 14.0. The van der Waals surface area contributed by atoms with E-state index in [-0.39, 0.29) is 12.0 Å². The lowest BCUT2D eigenvalue weighted by molar-refractivity contribution is -0.139. The molecular weight excluding hydrogens is 237 g/mol. The van der Waals surface area contributed by atoms with E-state index >= 15 is 0 Å². The van der Waals surface area contributed by atoms with Crippen molar-refractivity contribution >= 4 is 5.91 Å². The number of halogens is 3.